The molecule has 0 spiro atoms. The lowest BCUT2D eigenvalue weighted by molar-refractivity contribution is -0.149. The molecule has 0 aromatic carbocycles. The van der Waals surface area contributed by atoms with Crippen molar-refractivity contribution in [3.8, 4) is 0 Å². The van der Waals surface area contributed by atoms with Crippen molar-refractivity contribution in [2.75, 3.05) is 6.54 Å². The lowest BCUT2D eigenvalue weighted by atomic mass is 10.0. The highest BCUT2D eigenvalue weighted by atomic mass is 16.4. The molecule has 2 unspecified atom stereocenters. The standard InChI is InChI=1S/C11H19NO4/c1-3-4-7(2)10(14)12-6-8(13)5-9(12)11(15)16/h7-9,13H,3-6H2,1-2H3,(H,15,16)/t7?,8?,9-/m0/s1. The van der Waals surface area contributed by atoms with Gasteiger partial charge in [0.25, 0.3) is 0 Å². The van der Waals surface area contributed by atoms with Crippen LogP contribution in [-0.4, -0.2) is 45.7 Å². The molecule has 2 N–H and O–H groups in total. The molecule has 0 aromatic rings. The Labute approximate surface area is 95.1 Å². The highest BCUT2D eigenvalue weighted by molar-refractivity contribution is 5.85. The normalized spacial score (nSPS) is 26.8. The third-order valence-electron chi connectivity index (χ3n) is 2.99. The van der Waals surface area contributed by atoms with Crippen molar-refractivity contribution >= 4 is 11.9 Å². The van der Waals surface area contributed by atoms with E-state index in [-0.39, 0.29) is 24.8 Å². The van der Waals surface area contributed by atoms with E-state index >= 15 is 0 Å². The van der Waals surface area contributed by atoms with Gasteiger partial charge in [0.05, 0.1) is 6.10 Å². The van der Waals surface area contributed by atoms with Crippen molar-refractivity contribution in [1.82, 2.24) is 4.90 Å². The molecule has 1 saturated heterocycles. The summed E-state index contributed by atoms with van der Waals surface area (Å²) in [6.07, 6.45) is 1.07. The van der Waals surface area contributed by atoms with Gasteiger partial charge in [-0.3, -0.25) is 4.79 Å². The van der Waals surface area contributed by atoms with Gasteiger partial charge in [0.2, 0.25) is 5.91 Å². The molecule has 0 radical (unpaired) electrons. The number of likely N-dealkylation sites (tertiary alicyclic amines) is 1. The Hall–Kier alpha value is -1.10. The van der Waals surface area contributed by atoms with Crippen LogP contribution >= 0.6 is 0 Å². The number of carboxylic acid groups (broad SMARTS) is 1. The Balaban J connectivity index is 2.70. The van der Waals surface area contributed by atoms with E-state index in [1.807, 2.05) is 6.92 Å². The van der Waals surface area contributed by atoms with E-state index in [2.05, 4.69) is 0 Å². The molecular weight excluding hydrogens is 210 g/mol. The monoisotopic (exact) mass is 229 g/mol. The predicted molar refractivity (Wildman–Crippen MR) is 57.8 cm³/mol. The molecular formula is C11H19NO4. The molecule has 5 nitrogen and oxygen atoms in total. The number of carboxylic acids is 1. The van der Waals surface area contributed by atoms with Gasteiger partial charge in [-0.25, -0.2) is 4.79 Å². The van der Waals surface area contributed by atoms with Gasteiger partial charge in [-0.15, -0.1) is 0 Å². The van der Waals surface area contributed by atoms with Gasteiger partial charge in [0.15, 0.2) is 0 Å². The Morgan fingerprint density at radius 1 is 1.50 bits per heavy atom. The molecule has 3 atom stereocenters. The second-order valence-corrected chi connectivity index (χ2v) is 4.42. The van der Waals surface area contributed by atoms with Crippen LogP contribution in [0, 0.1) is 5.92 Å². The molecule has 0 bridgehead atoms. The predicted octanol–water partition coefficient (Wildman–Crippen LogP) is 0.469. The highest BCUT2D eigenvalue weighted by Crippen LogP contribution is 2.22. The van der Waals surface area contributed by atoms with Gasteiger partial charge in [0, 0.05) is 18.9 Å². The van der Waals surface area contributed by atoms with Crippen LogP contribution in [0.5, 0.6) is 0 Å². The lowest BCUT2D eigenvalue weighted by Crippen LogP contribution is -2.43. The summed E-state index contributed by atoms with van der Waals surface area (Å²) in [5, 5.41) is 18.4. The number of β-amino-alcohol motifs (C(OH)–C–C–N with tert-alkyl or cyclic N) is 1. The fraction of sp³-hybridized carbons (Fsp3) is 0.818. The van der Waals surface area contributed by atoms with Crippen LogP contribution in [0.15, 0.2) is 0 Å². The number of aliphatic carboxylic acids is 1. The van der Waals surface area contributed by atoms with E-state index in [9.17, 15) is 14.7 Å². The maximum absolute atomic E-state index is 11.9. The Morgan fingerprint density at radius 2 is 2.12 bits per heavy atom. The summed E-state index contributed by atoms with van der Waals surface area (Å²) in [6.45, 7) is 3.93. The average Bonchev–Trinajstić information content (AvgIpc) is 2.59. The molecule has 0 aromatic heterocycles. The van der Waals surface area contributed by atoms with Crippen molar-refractivity contribution in [2.24, 2.45) is 5.92 Å². The molecule has 0 saturated carbocycles. The van der Waals surface area contributed by atoms with Crippen LogP contribution < -0.4 is 0 Å². The van der Waals surface area contributed by atoms with Gasteiger partial charge >= 0.3 is 5.97 Å². The van der Waals surface area contributed by atoms with Gasteiger partial charge in [-0.1, -0.05) is 20.3 Å². The number of carbonyl (C=O) groups excluding carboxylic acids is 1. The van der Waals surface area contributed by atoms with E-state index in [1.54, 1.807) is 6.92 Å². The molecule has 0 aliphatic carbocycles. The number of aliphatic hydroxyl groups is 1. The van der Waals surface area contributed by atoms with Crippen LogP contribution in [-0.2, 0) is 9.59 Å². The topological polar surface area (TPSA) is 77.8 Å². The molecule has 16 heavy (non-hydrogen) atoms. The molecule has 92 valence electrons. The average molecular weight is 229 g/mol. The number of aliphatic hydroxyl groups excluding tert-OH is 1. The third kappa shape index (κ3) is 2.72. The summed E-state index contributed by atoms with van der Waals surface area (Å²) < 4.78 is 0. The van der Waals surface area contributed by atoms with Crippen molar-refractivity contribution in [1.29, 1.82) is 0 Å². The van der Waals surface area contributed by atoms with Gasteiger partial charge in [0.1, 0.15) is 6.04 Å². The van der Waals surface area contributed by atoms with E-state index < -0.39 is 18.1 Å². The first kappa shape index (κ1) is 13.0. The first-order valence-electron chi connectivity index (χ1n) is 5.68. The third-order valence-corrected chi connectivity index (χ3v) is 2.99. The Morgan fingerprint density at radius 3 is 2.62 bits per heavy atom. The van der Waals surface area contributed by atoms with Crippen LogP contribution in [0.4, 0.5) is 0 Å². The van der Waals surface area contributed by atoms with Crippen LogP contribution in [0.25, 0.3) is 0 Å². The van der Waals surface area contributed by atoms with Crippen molar-refractivity contribution in [3.05, 3.63) is 0 Å². The molecule has 1 aliphatic rings. The smallest absolute Gasteiger partial charge is 0.326 e. The second-order valence-electron chi connectivity index (χ2n) is 4.42. The fourth-order valence-corrected chi connectivity index (χ4v) is 2.13. The summed E-state index contributed by atoms with van der Waals surface area (Å²) in [7, 11) is 0. The van der Waals surface area contributed by atoms with Gasteiger partial charge in [-0.2, -0.15) is 0 Å². The summed E-state index contributed by atoms with van der Waals surface area (Å²) in [4.78, 5) is 24.2. The van der Waals surface area contributed by atoms with E-state index in [4.69, 9.17) is 5.11 Å². The fourth-order valence-electron chi connectivity index (χ4n) is 2.13. The molecule has 5 heteroatoms. The molecule has 1 aliphatic heterocycles. The Kier molecular flexibility index (Phi) is 4.29. The number of rotatable bonds is 4. The quantitative estimate of drug-likeness (QED) is 0.734. The maximum Gasteiger partial charge on any atom is 0.326 e. The van der Waals surface area contributed by atoms with E-state index in [0.717, 1.165) is 12.8 Å². The number of amides is 1. The van der Waals surface area contributed by atoms with Crippen LogP contribution in [0.2, 0.25) is 0 Å². The first-order valence-corrected chi connectivity index (χ1v) is 5.68. The highest BCUT2D eigenvalue weighted by Gasteiger charge is 2.39. The largest absolute Gasteiger partial charge is 0.480 e. The van der Waals surface area contributed by atoms with Gasteiger partial charge < -0.3 is 15.1 Å². The van der Waals surface area contributed by atoms with Crippen LogP contribution in [0.3, 0.4) is 0 Å². The molecule has 1 amide bonds. The van der Waals surface area contributed by atoms with Crippen molar-refractivity contribution < 1.29 is 19.8 Å². The SMILES string of the molecule is CCCC(C)C(=O)N1CC(O)C[C@H]1C(=O)O. The minimum atomic E-state index is -1.03. The van der Waals surface area contributed by atoms with Crippen LogP contribution in [0.1, 0.15) is 33.1 Å². The lowest BCUT2D eigenvalue weighted by Gasteiger charge is -2.24. The first-order chi connectivity index (χ1) is 7.47. The molecule has 1 rings (SSSR count). The number of hydrogen-bond donors (Lipinski definition) is 2. The van der Waals surface area contributed by atoms with Crippen molar-refractivity contribution in [3.63, 3.8) is 0 Å². The molecule has 1 heterocycles. The van der Waals surface area contributed by atoms with E-state index in [0.29, 0.717) is 0 Å². The zero-order valence-corrected chi connectivity index (χ0v) is 9.72. The summed E-state index contributed by atoms with van der Waals surface area (Å²) in [5.74, 6) is -1.36. The summed E-state index contributed by atoms with van der Waals surface area (Å²) in [5.41, 5.74) is 0. The minimum absolute atomic E-state index is 0.139. The number of hydrogen-bond acceptors (Lipinski definition) is 3. The maximum atomic E-state index is 11.9. The number of nitrogens with zero attached hydrogens (tertiary/aromatic N) is 1. The zero-order valence-electron chi connectivity index (χ0n) is 9.72. The summed E-state index contributed by atoms with van der Waals surface area (Å²) >= 11 is 0. The van der Waals surface area contributed by atoms with Gasteiger partial charge in [-0.05, 0) is 6.42 Å². The second kappa shape index (κ2) is 5.30. The van der Waals surface area contributed by atoms with E-state index in [1.165, 1.54) is 4.90 Å². The minimum Gasteiger partial charge on any atom is -0.480 e. The zero-order chi connectivity index (χ0) is 12.3. The molecule has 1 fully saturated rings. The summed E-state index contributed by atoms with van der Waals surface area (Å²) in [6, 6.07) is -0.859. The number of carbonyl (C=O) groups is 2. The van der Waals surface area contributed by atoms with Crippen molar-refractivity contribution in [2.45, 2.75) is 45.3 Å². The Bertz CT molecular complexity index is 279.